The van der Waals surface area contributed by atoms with Gasteiger partial charge < -0.3 is 15.3 Å². The SMILES string of the molecule is C[C@H](NC(=O)C1CN(c2ncnn3cc(-c4cnn(CC(C)(C)O)c4)cc23)C1)c1ccc(F)cc1. The van der Waals surface area contributed by atoms with Gasteiger partial charge in [0, 0.05) is 36.6 Å². The van der Waals surface area contributed by atoms with E-state index in [1.165, 1.54) is 18.5 Å². The minimum absolute atomic E-state index is 0.0292. The normalized spacial score (nSPS) is 15.3. The summed E-state index contributed by atoms with van der Waals surface area (Å²) in [7, 11) is 0. The number of anilines is 1. The van der Waals surface area contributed by atoms with Crippen LogP contribution in [0.3, 0.4) is 0 Å². The van der Waals surface area contributed by atoms with Crippen molar-refractivity contribution in [3.63, 3.8) is 0 Å². The molecule has 0 spiro atoms. The Morgan fingerprint density at radius 2 is 1.94 bits per heavy atom. The fraction of sp³-hybridized carbons (Fsp3) is 0.360. The van der Waals surface area contributed by atoms with Crippen molar-refractivity contribution in [1.29, 1.82) is 0 Å². The lowest BCUT2D eigenvalue weighted by molar-refractivity contribution is -0.126. The lowest BCUT2D eigenvalue weighted by Gasteiger charge is -2.39. The van der Waals surface area contributed by atoms with Crippen molar-refractivity contribution in [3.8, 4) is 11.1 Å². The van der Waals surface area contributed by atoms with E-state index in [0.717, 1.165) is 28.0 Å². The van der Waals surface area contributed by atoms with Crippen molar-refractivity contribution in [1.82, 2.24) is 29.7 Å². The molecule has 3 aromatic heterocycles. The van der Waals surface area contributed by atoms with E-state index in [1.54, 1.807) is 41.4 Å². The number of aromatic nitrogens is 5. The van der Waals surface area contributed by atoms with Gasteiger partial charge in [0.1, 0.15) is 17.7 Å². The minimum atomic E-state index is -0.857. The number of carbonyl (C=O) groups excluding carboxylic acids is 1. The third-order valence-electron chi connectivity index (χ3n) is 6.18. The summed E-state index contributed by atoms with van der Waals surface area (Å²) in [6.07, 6.45) is 7.08. The first-order chi connectivity index (χ1) is 16.7. The summed E-state index contributed by atoms with van der Waals surface area (Å²) in [4.78, 5) is 19.3. The van der Waals surface area contributed by atoms with Crippen LogP contribution in [-0.2, 0) is 11.3 Å². The van der Waals surface area contributed by atoms with Gasteiger partial charge in [-0.15, -0.1) is 0 Å². The number of aliphatic hydroxyl groups is 1. The van der Waals surface area contributed by atoms with Crippen LogP contribution in [0.1, 0.15) is 32.4 Å². The van der Waals surface area contributed by atoms with E-state index in [4.69, 9.17) is 0 Å². The average molecular weight is 478 g/mol. The maximum Gasteiger partial charge on any atom is 0.227 e. The van der Waals surface area contributed by atoms with Gasteiger partial charge in [-0.05, 0) is 44.5 Å². The maximum atomic E-state index is 13.2. The van der Waals surface area contributed by atoms with Crippen molar-refractivity contribution < 1.29 is 14.3 Å². The summed E-state index contributed by atoms with van der Waals surface area (Å²) in [6, 6.07) is 7.97. The van der Waals surface area contributed by atoms with Crippen molar-refractivity contribution in [3.05, 3.63) is 66.6 Å². The topological polar surface area (TPSA) is 101 Å². The largest absolute Gasteiger partial charge is 0.389 e. The van der Waals surface area contributed by atoms with Crippen molar-refractivity contribution >= 4 is 17.2 Å². The Morgan fingerprint density at radius 1 is 1.20 bits per heavy atom. The molecule has 9 nitrogen and oxygen atoms in total. The second-order valence-electron chi connectivity index (χ2n) is 9.76. The smallest absolute Gasteiger partial charge is 0.227 e. The quantitative estimate of drug-likeness (QED) is 0.425. The highest BCUT2D eigenvalue weighted by molar-refractivity contribution is 5.84. The predicted octanol–water partition coefficient (Wildman–Crippen LogP) is 2.82. The number of halogens is 1. The average Bonchev–Trinajstić information content (AvgIpc) is 3.39. The summed E-state index contributed by atoms with van der Waals surface area (Å²) in [5.41, 5.74) is 2.71. The summed E-state index contributed by atoms with van der Waals surface area (Å²) in [5.74, 6) is 0.293. The molecule has 2 N–H and O–H groups in total. The number of hydrogen-bond acceptors (Lipinski definition) is 6. The number of benzene rings is 1. The summed E-state index contributed by atoms with van der Waals surface area (Å²) in [6.45, 7) is 6.88. The summed E-state index contributed by atoms with van der Waals surface area (Å²) >= 11 is 0. The molecule has 1 atom stereocenters. The number of nitrogens with one attached hydrogen (secondary N) is 1. The van der Waals surface area contributed by atoms with Gasteiger partial charge in [-0.2, -0.15) is 10.2 Å². The molecule has 1 saturated heterocycles. The lowest BCUT2D eigenvalue weighted by Crippen LogP contribution is -2.54. The van der Waals surface area contributed by atoms with E-state index in [-0.39, 0.29) is 23.7 Å². The number of amides is 1. The predicted molar refractivity (Wildman–Crippen MR) is 129 cm³/mol. The van der Waals surface area contributed by atoms with Gasteiger partial charge in [0.2, 0.25) is 5.91 Å². The molecule has 1 aromatic carbocycles. The standard InChI is InChI=1S/C25H28FN7O2/c1-16(17-4-6-21(26)7-5-17)30-24(34)20-10-31(11-20)23-22-8-18(13-33(22)29-15-27-23)19-9-28-32(12-19)14-25(2,3)35/h4-9,12-13,15-16,20,35H,10-11,14H2,1-3H3,(H,30,34)/t16-/m0/s1. The van der Waals surface area contributed by atoms with Crippen LogP contribution in [0.25, 0.3) is 16.6 Å². The van der Waals surface area contributed by atoms with Crippen molar-refractivity contribution in [2.75, 3.05) is 18.0 Å². The molecular formula is C25H28FN7O2. The molecule has 4 heterocycles. The number of fused-ring (bicyclic) bond motifs is 1. The van der Waals surface area contributed by atoms with E-state index in [1.807, 2.05) is 25.4 Å². The van der Waals surface area contributed by atoms with Gasteiger partial charge in [-0.3, -0.25) is 9.48 Å². The van der Waals surface area contributed by atoms with Crippen molar-refractivity contribution in [2.24, 2.45) is 5.92 Å². The van der Waals surface area contributed by atoms with E-state index in [0.29, 0.717) is 19.6 Å². The molecule has 0 aliphatic carbocycles. The first-order valence-corrected chi connectivity index (χ1v) is 11.6. The maximum absolute atomic E-state index is 13.2. The molecule has 1 aliphatic heterocycles. The van der Waals surface area contributed by atoms with Crippen LogP contribution in [0, 0.1) is 11.7 Å². The Balaban J connectivity index is 1.26. The van der Waals surface area contributed by atoms with Crippen LogP contribution >= 0.6 is 0 Å². The van der Waals surface area contributed by atoms with Crippen LogP contribution in [0.5, 0.6) is 0 Å². The molecule has 35 heavy (non-hydrogen) atoms. The Labute approximate surface area is 202 Å². The summed E-state index contributed by atoms with van der Waals surface area (Å²) in [5, 5.41) is 21.7. The van der Waals surface area contributed by atoms with Crippen LogP contribution in [0.4, 0.5) is 10.2 Å². The number of rotatable bonds is 7. The molecule has 0 bridgehead atoms. The Hall–Kier alpha value is -3.79. The molecule has 5 rings (SSSR count). The van der Waals surface area contributed by atoms with Gasteiger partial charge in [-0.25, -0.2) is 13.9 Å². The van der Waals surface area contributed by atoms with Crippen molar-refractivity contribution in [2.45, 2.75) is 39.0 Å². The third kappa shape index (κ3) is 4.88. The molecule has 1 aliphatic rings. The van der Waals surface area contributed by atoms with Crippen LogP contribution in [0.2, 0.25) is 0 Å². The van der Waals surface area contributed by atoms with Gasteiger partial charge >= 0.3 is 0 Å². The lowest BCUT2D eigenvalue weighted by atomic mass is 9.98. The first-order valence-electron chi connectivity index (χ1n) is 11.6. The molecular weight excluding hydrogens is 449 g/mol. The molecule has 4 aromatic rings. The van der Waals surface area contributed by atoms with Gasteiger partial charge in [-0.1, -0.05) is 12.1 Å². The minimum Gasteiger partial charge on any atom is -0.389 e. The highest BCUT2D eigenvalue weighted by Gasteiger charge is 2.35. The fourth-order valence-electron chi connectivity index (χ4n) is 4.30. The zero-order chi connectivity index (χ0) is 24.7. The van der Waals surface area contributed by atoms with Crippen LogP contribution in [-0.4, -0.2) is 54.1 Å². The third-order valence-corrected chi connectivity index (χ3v) is 6.18. The fourth-order valence-corrected chi connectivity index (χ4v) is 4.30. The second kappa shape index (κ2) is 8.77. The zero-order valence-electron chi connectivity index (χ0n) is 19.9. The molecule has 10 heteroatoms. The highest BCUT2D eigenvalue weighted by Crippen LogP contribution is 2.30. The van der Waals surface area contributed by atoms with E-state index >= 15 is 0 Å². The molecule has 0 radical (unpaired) electrons. The number of carbonyl (C=O) groups is 1. The number of hydrogen-bond donors (Lipinski definition) is 2. The van der Waals surface area contributed by atoms with Gasteiger partial charge in [0.15, 0.2) is 5.82 Å². The highest BCUT2D eigenvalue weighted by atomic mass is 19.1. The molecule has 182 valence electrons. The number of nitrogens with zero attached hydrogens (tertiary/aromatic N) is 6. The molecule has 1 amide bonds. The molecule has 0 unspecified atom stereocenters. The Kier molecular flexibility index (Phi) is 5.76. The Morgan fingerprint density at radius 3 is 2.66 bits per heavy atom. The zero-order valence-corrected chi connectivity index (χ0v) is 19.9. The summed E-state index contributed by atoms with van der Waals surface area (Å²) < 4.78 is 16.7. The van der Waals surface area contributed by atoms with Crippen LogP contribution < -0.4 is 10.2 Å². The second-order valence-corrected chi connectivity index (χ2v) is 9.76. The van der Waals surface area contributed by atoms with Gasteiger partial charge in [0.05, 0.1) is 30.3 Å². The monoisotopic (exact) mass is 477 g/mol. The van der Waals surface area contributed by atoms with E-state index in [2.05, 4.69) is 25.4 Å². The van der Waals surface area contributed by atoms with Gasteiger partial charge in [0.25, 0.3) is 0 Å². The van der Waals surface area contributed by atoms with E-state index < -0.39 is 5.60 Å². The molecule has 1 fully saturated rings. The Bertz CT molecular complexity index is 1350. The first kappa shape index (κ1) is 23.0. The van der Waals surface area contributed by atoms with E-state index in [9.17, 15) is 14.3 Å². The van der Waals surface area contributed by atoms with Crippen LogP contribution in [0.15, 0.2) is 55.2 Å². The molecule has 0 saturated carbocycles.